The molecule has 0 aliphatic heterocycles. The summed E-state index contributed by atoms with van der Waals surface area (Å²) in [7, 11) is 0. The van der Waals surface area contributed by atoms with Crippen molar-refractivity contribution in [2.24, 2.45) is 0 Å². The summed E-state index contributed by atoms with van der Waals surface area (Å²) >= 11 is 0. The second kappa shape index (κ2) is 8.35. The first-order valence-corrected chi connectivity index (χ1v) is 7.86. The Bertz CT molecular complexity index is 765. The van der Waals surface area contributed by atoms with Gasteiger partial charge in [0, 0.05) is 0 Å². The Morgan fingerprint density at radius 3 is 2.38 bits per heavy atom. The van der Waals surface area contributed by atoms with E-state index in [1.165, 1.54) is 24.3 Å². The Labute approximate surface area is 140 Å². The molecule has 0 aromatic heterocycles. The molecule has 1 nitrogen and oxygen atoms in total. The molecule has 0 radical (unpaired) electrons. The van der Waals surface area contributed by atoms with Crippen LogP contribution >= 0.6 is 0 Å². The van der Waals surface area contributed by atoms with Crippen molar-refractivity contribution in [2.75, 3.05) is 0 Å². The molecule has 0 spiro atoms. The molecule has 0 atom stereocenters. The highest BCUT2D eigenvalue weighted by Gasteiger charge is 2.10. The number of nitriles is 1. The van der Waals surface area contributed by atoms with Crippen molar-refractivity contribution in [3.05, 3.63) is 76.1 Å². The molecule has 124 valence electrons. The second-order valence-corrected chi connectivity index (χ2v) is 5.63. The minimum absolute atomic E-state index is 0.161. The normalized spacial score (nSPS) is 11.4. The van der Waals surface area contributed by atoms with Crippen LogP contribution in [0.25, 0.3) is 6.08 Å². The van der Waals surface area contributed by atoms with Gasteiger partial charge in [0.05, 0.1) is 0 Å². The fraction of sp³-hybridized carbons (Fsp3) is 0.250. The number of aryl methyl sites for hydroxylation is 2. The van der Waals surface area contributed by atoms with Crippen LogP contribution in [0.5, 0.6) is 0 Å². The predicted molar refractivity (Wildman–Crippen MR) is 88.9 cm³/mol. The fourth-order valence-electron chi connectivity index (χ4n) is 2.50. The van der Waals surface area contributed by atoms with Gasteiger partial charge in [-0.15, -0.1) is 0 Å². The van der Waals surface area contributed by atoms with E-state index in [-0.39, 0.29) is 5.83 Å². The molecule has 0 heterocycles. The first-order valence-electron chi connectivity index (χ1n) is 7.86. The first-order chi connectivity index (χ1) is 11.5. The Hall–Kier alpha value is -2.54. The summed E-state index contributed by atoms with van der Waals surface area (Å²) in [4.78, 5) is 0. The van der Waals surface area contributed by atoms with Crippen LogP contribution in [-0.2, 0) is 12.8 Å². The lowest BCUT2D eigenvalue weighted by Gasteiger charge is -2.06. The maximum atomic E-state index is 13.6. The van der Waals surface area contributed by atoms with Gasteiger partial charge in [-0.1, -0.05) is 31.2 Å². The maximum absolute atomic E-state index is 13.6. The minimum atomic E-state index is -0.842. The van der Waals surface area contributed by atoms with E-state index in [4.69, 9.17) is 5.26 Å². The molecule has 24 heavy (non-hydrogen) atoms. The number of hydrogen-bond acceptors (Lipinski definition) is 1. The molecule has 0 aliphatic carbocycles. The molecule has 0 amide bonds. The largest absolute Gasteiger partial charge is 0.212 e. The van der Waals surface area contributed by atoms with Gasteiger partial charge in [-0.25, -0.2) is 13.2 Å². The van der Waals surface area contributed by atoms with Crippen LogP contribution in [0.2, 0.25) is 0 Å². The lowest BCUT2D eigenvalue weighted by atomic mass is 10.0. The third-order valence-corrected chi connectivity index (χ3v) is 3.68. The summed E-state index contributed by atoms with van der Waals surface area (Å²) < 4.78 is 40.8. The van der Waals surface area contributed by atoms with E-state index in [1.807, 2.05) is 31.2 Å². The molecule has 2 rings (SSSR count). The van der Waals surface area contributed by atoms with Gasteiger partial charge in [0.1, 0.15) is 29.1 Å². The Balaban J connectivity index is 2.10. The van der Waals surface area contributed by atoms with Crippen LogP contribution < -0.4 is 0 Å². The van der Waals surface area contributed by atoms with E-state index in [9.17, 15) is 13.2 Å². The summed E-state index contributed by atoms with van der Waals surface area (Å²) in [6, 6.07) is 11.3. The molecule has 4 heteroatoms. The van der Waals surface area contributed by atoms with Gasteiger partial charge in [-0.2, -0.15) is 5.26 Å². The van der Waals surface area contributed by atoms with E-state index >= 15 is 0 Å². The van der Waals surface area contributed by atoms with Crippen molar-refractivity contribution >= 4 is 6.08 Å². The number of benzene rings is 2. The number of rotatable bonds is 6. The number of hydrogen-bond donors (Lipinski definition) is 0. The third kappa shape index (κ3) is 4.73. The van der Waals surface area contributed by atoms with Gasteiger partial charge in [-0.05, 0) is 60.6 Å². The van der Waals surface area contributed by atoms with Crippen LogP contribution in [-0.4, -0.2) is 0 Å². The van der Waals surface area contributed by atoms with Gasteiger partial charge >= 0.3 is 0 Å². The van der Waals surface area contributed by atoms with E-state index in [0.29, 0.717) is 24.8 Å². The summed E-state index contributed by atoms with van der Waals surface area (Å²) in [6.07, 6.45) is 3.67. The number of nitrogens with zero attached hydrogens (tertiary/aromatic N) is 1. The average molecular weight is 329 g/mol. The van der Waals surface area contributed by atoms with Crippen LogP contribution in [0.3, 0.4) is 0 Å². The van der Waals surface area contributed by atoms with Gasteiger partial charge in [0.2, 0.25) is 0 Å². The molecule has 2 aromatic carbocycles. The summed E-state index contributed by atoms with van der Waals surface area (Å²) in [5.74, 6) is -1.84. The fourth-order valence-corrected chi connectivity index (χ4v) is 2.50. The summed E-state index contributed by atoms with van der Waals surface area (Å²) in [5, 5.41) is 8.67. The van der Waals surface area contributed by atoms with Crippen LogP contribution in [0.1, 0.15) is 42.0 Å². The van der Waals surface area contributed by atoms with E-state index in [2.05, 4.69) is 0 Å². The summed E-state index contributed by atoms with van der Waals surface area (Å²) in [5.41, 5.74) is 1.66. The molecule has 0 N–H and O–H groups in total. The zero-order chi connectivity index (χ0) is 17.5. The average Bonchev–Trinajstić information content (AvgIpc) is 2.53. The topological polar surface area (TPSA) is 23.8 Å². The molecular formula is C20H18F3N. The molecule has 0 fully saturated rings. The SMILES string of the molecule is CCC/C(F)=C\c1cccc(CCc2cc(F)c(C#N)c(F)c2)c1. The molecule has 0 unspecified atom stereocenters. The Morgan fingerprint density at radius 2 is 1.75 bits per heavy atom. The standard InChI is InChI=1S/C20H18F3N/c1-2-4-17(21)10-15-6-3-5-14(9-15)7-8-16-11-19(22)18(13-24)20(23)12-16/h3,5-6,9-12H,2,4,7-8H2,1H3/b17-10+. The van der Waals surface area contributed by atoms with Crippen molar-refractivity contribution in [3.8, 4) is 6.07 Å². The number of halogens is 3. The highest BCUT2D eigenvalue weighted by molar-refractivity contribution is 5.52. The minimum Gasteiger partial charge on any atom is -0.212 e. The molecule has 0 aliphatic rings. The second-order valence-electron chi connectivity index (χ2n) is 5.63. The Morgan fingerprint density at radius 1 is 1.08 bits per heavy atom. The lowest BCUT2D eigenvalue weighted by molar-refractivity contribution is 0.573. The molecule has 0 saturated carbocycles. The zero-order valence-corrected chi connectivity index (χ0v) is 13.5. The maximum Gasteiger partial charge on any atom is 0.144 e. The van der Waals surface area contributed by atoms with E-state index in [0.717, 1.165) is 17.5 Å². The molecule has 0 saturated heterocycles. The van der Waals surface area contributed by atoms with Crippen molar-refractivity contribution in [2.45, 2.75) is 32.6 Å². The van der Waals surface area contributed by atoms with Crippen molar-refractivity contribution in [1.29, 1.82) is 5.26 Å². The van der Waals surface area contributed by atoms with E-state index in [1.54, 1.807) is 0 Å². The van der Waals surface area contributed by atoms with Gasteiger partial charge in [0.15, 0.2) is 0 Å². The highest BCUT2D eigenvalue weighted by Crippen LogP contribution is 2.18. The predicted octanol–water partition coefficient (Wildman–Crippen LogP) is 5.73. The smallest absolute Gasteiger partial charge is 0.144 e. The Kier molecular flexibility index (Phi) is 6.20. The van der Waals surface area contributed by atoms with Crippen LogP contribution in [0, 0.1) is 23.0 Å². The molecule has 2 aromatic rings. The van der Waals surface area contributed by atoms with Crippen LogP contribution in [0.4, 0.5) is 13.2 Å². The van der Waals surface area contributed by atoms with Crippen molar-refractivity contribution in [1.82, 2.24) is 0 Å². The van der Waals surface area contributed by atoms with Crippen molar-refractivity contribution in [3.63, 3.8) is 0 Å². The van der Waals surface area contributed by atoms with Crippen LogP contribution in [0.15, 0.2) is 42.2 Å². The van der Waals surface area contributed by atoms with Gasteiger partial charge < -0.3 is 0 Å². The quantitative estimate of drug-likeness (QED) is 0.663. The molecular weight excluding hydrogens is 311 g/mol. The highest BCUT2D eigenvalue weighted by atomic mass is 19.1. The van der Waals surface area contributed by atoms with Crippen molar-refractivity contribution < 1.29 is 13.2 Å². The third-order valence-electron chi connectivity index (χ3n) is 3.68. The van der Waals surface area contributed by atoms with Gasteiger partial charge in [0.25, 0.3) is 0 Å². The molecule has 0 bridgehead atoms. The van der Waals surface area contributed by atoms with Gasteiger partial charge in [-0.3, -0.25) is 0 Å². The lowest BCUT2D eigenvalue weighted by Crippen LogP contribution is -1.97. The number of allylic oxidation sites excluding steroid dienone is 1. The summed E-state index contributed by atoms with van der Waals surface area (Å²) in [6.45, 7) is 1.92. The van der Waals surface area contributed by atoms with E-state index < -0.39 is 17.2 Å². The monoisotopic (exact) mass is 329 g/mol. The first kappa shape index (κ1) is 17.8. The zero-order valence-electron chi connectivity index (χ0n) is 13.5.